The van der Waals surface area contributed by atoms with Gasteiger partial charge in [-0.3, -0.25) is 9.20 Å². The van der Waals surface area contributed by atoms with Gasteiger partial charge in [0.25, 0.3) is 0 Å². The third kappa shape index (κ3) is 2.83. The van der Waals surface area contributed by atoms with Gasteiger partial charge in [-0.2, -0.15) is 0 Å². The Balaban J connectivity index is 1.63. The van der Waals surface area contributed by atoms with Crippen molar-refractivity contribution in [3.8, 4) is 0 Å². The number of fused-ring (bicyclic) bond motifs is 1. The summed E-state index contributed by atoms with van der Waals surface area (Å²) in [5.74, 6) is 0.303. The molecule has 1 N–H and O–H groups in total. The molecule has 1 amide bonds. The van der Waals surface area contributed by atoms with Gasteiger partial charge in [0.1, 0.15) is 0 Å². The number of benzene rings is 1. The molecule has 2 aromatic heterocycles. The molecule has 0 aliphatic rings. The van der Waals surface area contributed by atoms with Gasteiger partial charge in [0.2, 0.25) is 5.91 Å². The van der Waals surface area contributed by atoms with Gasteiger partial charge in [-0.15, -0.1) is 0 Å². The summed E-state index contributed by atoms with van der Waals surface area (Å²) >= 11 is 1.42. The molecule has 0 radical (unpaired) electrons. The van der Waals surface area contributed by atoms with E-state index in [0.717, 1.165) is 16.4 Å². The van der Waals surface area contributed by atoms with Crippen LogP contribution in [0.5, 0.6) is 0 Å². The first kappa shape index (κ1) is 12.7. The number of nitrogens with zero attached hydrogens (tertiary/aromatic N) is 2. The van der Waals surface area contributed by atoms with Gasteiger partial charge in [0.15, 0.2) is 5.16 Å². The van der Waals surface area contributed by atoms with E-state index >= 15 is 0 Å². The Kier molecular flexibility index (Phi) is 3.69. The predicted octanol–water partition coefficient (Wildman–Crippen LogP) is 3.07. The van der Waals surface area contributed by atoms with Crippen LogP contribution in [0.15, 0.2) is 66.1 Å². The van der Waals surface area contributed by atoms with Crippen LogP contribution in [-0.4, -0.2) is 21.0 Å². The molecule has 20 heavy (non-hydrogen) atoms. The van der Waals surface area contributed by atoms with Crippen molar-refractivity contribution in [3.63, 3.8) is 0 Å². The first-order valence-electron chi connectivity index (χ1n) is 6.23. The van der Waals surface area contributed by atoms with Crippen LogP contribution >= 0.6 is 11.8 Å². The molecule has 0 aliphatic carbocycles. The minimum absolute atomic E-state index is 0.0334. The molecule has 0 unspecified atom stereocenters. The molecule has 3 rings (SSSR count). The Morgan fingerprint density at radius 2 is 1.95 bits per heavy atom. The van der Waals surface area contributed by atoms with Crippen molar-refractivity contribution >= 4 is 28.9 Å². The van der Waals surface area contributed by atoms with Gasteiger partial charge in [0.05, 0.1) is 17.5 Å². The third-order valence-corrected chi connectivity index (χ3v) is 3.76. The summed E-state index contributed by atoms with van der Waals surface area (Å²) in [6, 6.07) is 15.3. The maximum Gasteiger partial charge on any atom is 0.234 e. The fourth-order valence-corrected chi connectivity index (χ4v) is 2.64. The lowest BCUT2D eigenvalue weighted by Crippen LogP contribution is -2.14. The predicted molar refractivity (Wildman–Crippen MR) is 81.0 cm³/mol. The van der Waals surface area contributed by atoms with Crippen molar-refractivity contribution in [2.24, 2.45) is 0 Å². The Bertz CT molecular complexity index is 724. The molecule has 0 atom stereocenters. The maximum atomic E-state index is 11.9. The molecule has 0 bridgehead atoms. The van der Waals surface area contributed by atoms with E-state index < -0.39 is 0 Å². The molecule has 1 aromatic carbocycles. The van der Waals surface area contributed by atoms with Crippen LogP contribution in [0.4, 0.5) is 5.69 Å². The molecular weight excluding hydrogens is 270 g/mol. The second kappa shape index (κ2) is 5.79. The van der Waals surface area contributed by atoms with Gasteiger partial charge in [0, 0.05) is 11.9 Å². The molecule has 2 heterocycles. The van der Waals surface area contributed by atoms with Crippen molar-refractivity contribution in [2.75, 3.05) is 11.1 Å². The second-order valence-electron chi connectivity index (χ2n) is 4.24. The topological polar surface area (TPSA) is 46.4 Å². The Morgan fingerprint density at radius 1 is 1.15 bits per heavy atom. The third-order valence-electron chi connectivity index (χ3n) is 2.79. The van der Waals surface area contributed by atoms with E-state index in [4.69, 9.17) is 0 Å². The highest BCUT2D eigenvalue weighted by atomic mass is 32.2. The monoisotopic (exact) mass is 283 g/mol. The number of aromatic nitrogens is 2. The van der Waals surface area contributed by atoms with E-state index in [1.165, 1.54) is 11.8 Å². The average Bonchev–Trinajstić information content (AvgIpc) is 2.89. The molecule has 0 aliphatic heterocycles. The van der Waals surface area contributed by atoms with E-state index in [9.17, 15) is 4.79 Å². The number of amides is 1. The smallest absolute Gasteiger partial charge is 0.234 e. The quantitative estimate of drug-likeness (QED) is 0.749. The van der Waals surface area contributed by atoms with Crippen LogP contribution in [0, 0.1) is 0 Å². The van der Waals surface area contributed by atoms with Crippen molar-refractivity contribution < 1.29 is 4.79 Å². The van der Waals surface area contributed by atoms with Crippen molar-refractivity contribution in [2.45, 2.75) is 5.16 Å². The van der Waals surface area contributed by atoms with Gasteiger partial charge in [-0.25, -0.2) is 4.98 Å². The number of thioether (sulfide) groups is 1. The lowest BCUT2D eigenvalue weighted by Gasteiger charge is -2.04. The average molecular weight is 283 g/mol. The Hall–Kier alpha value is -2.27. The number of rotatable bonds is 4. The molecule has 100 valence electrons. The van der Waals surface area contributed by atoms with E-state index in [0.29, 0.717) is 5.75 Å². The summed E-state index contributed by atoms with van der Waals surface area (Å²) in [5.41, 5.74) is 1.84. The first-order valence-corrected chi connectivity index (χ1v) is 7.21. The summed E-state index contributed by atoms with van der Waals surface area (Å²) in [6.07, 6.45) is 3.75. The first-order chi connectivity index (χ1) is 9.83. The fraction of sp³-hybridized carbons (Fsp3) is 0.0667. The lowest BCUT2D eigenvalue weighted by molar-refractivity contribution is -0.113. The van der Waals surface area contributed by atoms with Gasteiger partial charge < -0.3 is 5.32 Å². The highest BCUT2D eigenvalue weighted by Crippen LogP contribution is 2.18. The number of carbonyl (C=O) groups is 1. The highest BCUT2D eigenvalue weighted by Gasteiger charge is 2.07. The van der Waals surface area contributed by atoms with Crippen LogP contribution in [0.1, 0.15) is 0 Å². The summed E-state index contributed by atoms with van der Waals surface area (Å²) in [4.78, 5) is 16.2. The number of imidazole rings is 1. The molecule has 0 spiro atoms. The molecule has 5 heteroatoms. The summed E-state index contributed by atoms with van der Waals surface area (Å²) < 4.78 is 1.97. The summed E-state index contributed by atoms with van der Waals surface area (Å²) in [5, 5.41) is 3.68. The van der Waals surface area contributed by atoms with Gasteiger partial charge >= 0.3 is 0 Å². The van der Waals surface area contributed by atoms with Crippen molar-refractivity contribution in [1.29, 1.82) is 0 Å². The van der Waals surface area contributed by atoms with Crippen LogP contribution in [0.2, 0.25) is 0 Å². The largest absolute Gasteiger partial charge is 0.325 e. The molecule has 0 fully saturated rings. The number of anilines is 1. The minimum atomic E-state index is -0.0334. The normalized spacial score (nSPS) is 10.6. The second-order valence-corrected chi connectivity index (χ2v) is 5.18. The standard InChI is InChI=1S/C15H13N3OS/c19-14(17-12-6-2-1-3-7-12)11-20-15-16-10-13-8-4-5-9-18(13)15/h1-10H,11H2,(H,17,19). The molecule has 0 saturated carbocycles. The minimum Gasteiger partial charge on any atom is -0.325 e. The SMILES string of the molecule is O=C(CSc1ncc2ccccn12)Nc1ccccc1. The Morgan fingerprint density at radius 3 is 2.80 bits per heavy atom. The van der Waals surface area contributed by atoms with E-state index in [1.807, 2.05) is 59.1 Å². The van der Waals surface area contributed by atoms with Crippen molar-refractivity contribution in [1.82, 2.24) is 9.38 Å². The van der Waals surface area contributed by atoms with E-state index in [2.05, 4.69) is 10.3 Å². The molecule has 4 nitrogen and oxygen atoms in total. The van der Waals surface area contributed by atoms with Gasteiger partial charge in [-0.05, 0) is 24.3 Å². The number of pyridine rings is 1. The number of nitrogens with one attached hydrogen (secondary N) is 1. The van der Waals surface area contributed by atoms with Crippen LogP contribution in [0.25, 0.3) is 5.52 Å². The lowest BCUT2D eigenvalue weighted by atomic mass is 10.3. The zero-order chi connectivity index (χ0) is 13.8. The zero-order valence-electron chi connectivity index (χ0n) is 10.7. The maximum absolute atomic E-state index is 11.9. The summed E-state index contributed by atoms with van der Waals surface area (Å²) in [6.45, 7) is 0. The van der Waals surface area contributed by atoms with Crippen LogP contribution in [0.3, 0.4) is 0 Å². The Labute approximate surface area is 120 Å². The molecular formula is C15H13N3OS. The number of hydrogen-bond donors (Lipinski definition) is 1. The number of para-hydroxylation sites is 1. The number of hydrogen-bond acceptors (Lipinski definition) is 3. The fourth-order valence-electron chi connectivity index (χ4n) is 1.87. The molecule has 0 saturated heterocycles. The van der Waals surface area contributed by atoms with E-state index in [-0.39, 0.29) is 5.91 Å². The van der Waals surface area contributed by atoms with Crippen molar-refractivity contribution in [3.05, 3.63) is 60.9 Å². The highest BCUT2D eigenvalue weighted by molar-refractivity contribution is 7.99. The van der Waals surface area contributed by atoms with Gasteiger partial charge in [-0.1, -0.05) is 36.0 Å². The van der Waals surface area contributed by atoms with Crippen LogP contribution < -0.4 is 5.32 Å². The summed E-state index contributed by atoms with van der Waals surface area (Å²) in [7, 11) is 0. The van der Waals surface area contributed by atoms with Crippen LogP contribution in [-0.2, 0) is 4.79 Å². The number of carbonyl (C=O) groups excluding carboxylic acids is 1. The molecule has 3 aromatic rings. The zero-order valence-corrected chi connectivity index (χ0v) is 11.5. The van der Waals surface area contributed by atoms with E-state index in [1.54, 1.807) is 6.20 Å².